The number of benzene rings is 1. The number of unbranched alkanes of at least 4 members (excludes halogenated alkanes) is 14. The lowest BCUT2D eigenvalue weighted by Gasteiger charge is -2.14. The Kier molecular flexibility index (Phi) is 15.6. The summed E-state index contributed by atoms with van der Waals surface area (Å²) in [6, 6.07) is 6.10. The molecule has 0 N–H and O–H groups in total. The molecular weight excluding hydrogens is 410 g/mol. The van der Waals surface area contributed by atoms with Gasteiger partial charge in [-0.15, -0.1) is 0 Å². The molecule has 1 aromatic rings. The molecule has 1 heterocycles. The average Bonchev–Trinajstić information content (AvgIpc) is 3.37. The van der Waals surface area contributed by atoms with Crippen molar-refractivity contribution in [3.8, 4) is 11.5 Å². The SMILES string of the molecule is CCCCCCCCCCOc1ccc(C2=NCCO2)cc1OCCCCCCCCCC. The van der Waals surface area contributed by atoms with Crippen molar-refractivity contribution in [2.45, 2.75) is 117 Å². The lowest BCUT2D eigenvalue weighted by molar-refractivity contribution is 0.258. The van der Waals surface area contributed by atoms with Crippen LogP contribution in [0.5, 0.6) is 11.5 Å². The summed E-state index contributed by atoms with van der Waals surface area (Å²) < 4.78 is 18.0. The zero-order valence-corrected chi connectivity index (χ0v) is 21.5. The Balaban J connectivity index is 1.72. The van der Waals surface area contributed by atoms with E-state index in [1.165, 1.54) is 89.9 Å². The van der Waals surface area contributed by atoms with Crippen molar-refractivity contribution in [2.75, 3.05) is 26.4 Å². The fourth-order valence-electron chi connectivity index (χ4n) is 4.22. The van der Waals surface area contributed by atoms with Gasteiger partial charge >= 0.3 is 0 Å². The summed E-state index contributed by atoms with van der Waals surface area (Å²) in [7, 11) is 0. The smallest absolute Gasteiger partial charge is 0.216 e. The minimum absolute atomic E-state index is 0.667. The predicted molar refractivity (Wildman–Crippen MR) is 140 cm³/mol. The molecule has 0 spiro atoms. The van der Waals surface area contributed by atoms with E-state index in [0.29, 0.717) is 6.61 Å². The van der Waals surface area contributed by atoms with Crippen LogP contribution in [-0.2, 0) is 4.74 Å². The van der Waals surface area contributed by atoms with Gasteiger partial charge in [0.1, 0.15) is 6.61 Å². The lowest BCUT2D eigenvalue weighted by Crippen LogP contribution is -2.06. The molecule has 2 rings (SSSR count). The van der Waals surface area contributed by atoms with E-state index in [2.05, 4.69) is 18.8 Å². The molecule has 1 aliphatic heterocycles. The number of hydrogen-bond donors (Lipinski definition) is 0. The number of aliphatic imine (C=N–C) groups is 1. The second kappa shape index (κ2) is 18.7. The van der Waals surface area contributed by atoms with E-state index < -0.39 is 0 Å². The fraction of sp³-hybridized carbons (Fsp3) is 0.759. The first-order valence-corrected chi connectivity index (χ1v) is 13.9. The summed E-state index contributed by atoms with van der Waals surface area (Å²) in [5.41, 5.74) is 0.984. The third kappa shape index (κ3) is 12.4. The van der Waals surface area contributed by atoms with Gasteiger partial charge in [0.2, 0.25) is 5.90 Å². The highest BCUT2D eigenvalue weighted by molar-refractivity contribution is 5.95. The molecule has 0 radical (unpaired) electrons. The normalized spacial score (nSPS) is 13.1. The van der Waals surface area contributed by atoms with Gasteiger partial charge in [0.15, 0.2) is 11.5 Å². The van der Waals surface area contributed by atoms with Gasteiger partial charge in [-0.2, -0.15) is 0 Å². The van der Waals surface area contributed by atoms with E-state index in [1.54, 1.807) is 0 Å². The molecule has 0 saturated heterocycles. The minimum atomic E-state index is 0.667. The zero-order chi connectivity index (χ0) is 23.4. The first kappa shape index (κ1) is 27.5. The second-order valence-electron chi connectivity index (χ2n) is 9.34. The van der Waals surface area contributed by atoms with Gasteiger partial charge in [-0.25, -0.2) is 4.99 Å². The third-order valence-electron chi connectivity index (χ3n) is 6.29. The summed E-state index contributed by atoms with van der Waals surface area (Å²) in [5.74, 6) is 2.40. The Labute approximate surface area is 203 Å². The Morgan fingerprint density at radius 2 is 1.18 bits per heavy atom. The molecule has 0 saturated carbocycles. The van der Waals surface area contributed by atoms with Gasteiger partial charge in [0.05, 0.1) is 19.8 Å². The van der Waals surface area contributed by atoms with Crippen molar-refractivity contribution in [2.24, 2.45) is 4.99 Å². The van der Waals surface area contributed by atoms with Crippen LogP contribution in [0.1, 0.15) is 122 Å². The van der Waals surface area contributed by atoms with Crippen molar-refractivity contribution in [3.63, 3.8) is 0 Å². The summed E-state index contributed by atoms with van der Waals surface area (Å²) in [4.78, 5) is 4.45. The van der Waals surface area contributed by atoms with Gasteiger partial charge in [-0.05, 0) is 31.0 Å². The molecule has 4 heteroatoms. The largest absolute Gasteiger partial charge is 0.490 e. The molecule has 0 unspecified atom stereocenters. The molecule has 0 aliphatic carbocycles. The average molecular weight is 460 g/mol. The van der Waals surface area contributed by atoms with Gasteiger partial charge in [-0.3, -0.25) is 0 Å². The second-order valence-corrected chi connectivity index (χ2v) is 9.34. The van der Waals surface area contributed by atoms with Crippen LogP contribution in [0.2, 0.25) is 0 Å². The molecular formula is C29H49NO3. The van der Waals surface area contributed by atoms with E-state index >= 15 is 0 Å². The van der Waals surface area contributed by atoms with E-state index in [-0.39, 0.29) is 0 Å². The molecule has 33 heavy (non-hydrogen) atoms. The maximum Gasteiger partial charge on any atom is 0.216 e. The van der Waals surface area contributed by atoms with Gasteiger partial charge in [0.25, 0.3) is 0 Å². The van der Waals surface area contributed by atoms with Crippen molar-refractivity contribution in [3.05, 3.63) is 23.8 Å². The maximum absolute atomic E-state index is 6.18. The summed E-state index contributed by atoms with van der Waals surface area (Å²) in [6.45, 7) is 7.43. The Morgan fingerprint density at radius 1 is 0.667 bits per heavy atom. The van der Waals surface area contributed by atoms with E-state index in [9.17, 15) is 0 Å². The first-order valence-electron chi connectivity index (χ1n) is 13.9. The molecule has 0 bridgehead atoms. The van der Waals surface area contributed by atoms with Crippen LogP contribution in [0.25, 0.3) is 0 Å². The topological polar surface area (TPSA) is 40.0 Å². The van der Waals surface area contributed by atoms with Gasteiger partial charge in [0, 0.05) is 5.56 Å². The fourth-order valence-corrected chi connectivity index (χ4v) is 4.22. The monoisotopic (exact) mass is 459 g/mol. The van der Waals surface area contributed by atoms with Crippen LogP contribution in [0.3, 0.4) is 0 Å². The van der Waals surface area contributed by atoms with Crippen molar-refractivity contribution in [1.29, 1.82) is 0 Å². The van der Waals surface area contributed by atoms with Crippen LogP contribution < -0.4 is 9.47 Å². The highest BCUT2D eigenvalue weighted by Gasteiger charge is 2.14. The number of nitrogens with zero attached hydrogens (tertiary/aromatic N) is 1. The number of hydrogen-bond acceptors (Lipinski definition) is 4. The standard InChI is InChI=1S/C29H49NO3/c1-3-5-7-9-11-13-15-17-22-31-27-20-19-26(29-30-21-24-33-29)25-28(27)32-23-18-16-14-12-10-8-6-4-2/h19-20,25H,3-18,21-24H2,1-2H3. The van der Waals surface area contributed by atoms with Crippen molar-refractivity contribution < 1.29 is 14.2 Å². The maximum atomic E-state index is 6.18. The Bertz CT molecular complexity index is 644. The Morgan fingerprint density at radius 3 is 1.70 bits per heavy atom. The van der Waals surface area contributed by atoms with E-state index in [0.717, 1.165) is 55.6 Å². The quantitative estimate of drug-likeness (QED) is 0.173. The lowest BCUT2D eigenvalue weighted by atomic mass is 10.1. The van der Waals surface area contributed by atoms with Gasteiger partial charge < -0.3 is 14.2 Å². The first-order chi connectivity index (χ1) is 16.3. The predicted octanol–water partition coefficient (Wildman–Crippen LogP) is 8.50. The molecule has 1 aliphatic rings. The summed E-state index contributed by atoms with van der Waals surface area (Å²) in [5, 5.41) is 0. The summed E-state index contributed by atoms with van der Waals surface area (Å²) >= 11 is 0. The van der Waals surface area contributed by atoms with Crippen LogP contribution in [0.15, 0.2) is 23.2 Å². The highest BCUT2D eigenvalue weighted by Crippen LogP contribution is 2.30. The molecule has 1 aromatic carbocycles. The Hall–Kier alpha value is -1.71. The molecule has 0 aromatic heterocycles. The number of ether oxygens (including phenoxy) is 3. The van der Waals surface area contributed by atoms with Crippen LogP contribution >= 0.6 is 0 Å². The van der Waals surface area contributed by atoms with Crippen LogP contribution in [0.4, 0.5) is 0 Å². The third-order valence-corrected chi connectivity index (χ3v) is 6.29. The van der Waals surface area contributed by atoms with Crippen molar-refractivity contribution in [1.82, 2.24) is 0 Å². The van der Waals surface area contributed by atoms with Crippen LogP contribution in [-0.4, -0.2) is 32.3 Å². The molecule has 4 nitrogen and oxygen atoms in total. The van der Waals surface area contributed by atoms with Gasteiger partial charge in [-0.1, -0.05) is 104 Å². The highest BCUT2D eigenvalue weighted by atomic mass is 16.5. The molecule has 188 valence electrons. The van der Waals surface area contributed by atoms with E-state index in [4.69, 9.17) is 14.2 Å². The minimum Gasteiger partial charge on any atom is -0.490 e. The van der Waals surface area contributed by atoms with E-state index in [1.807, 2.05) is 18.2 Å². The molecule has 0 amide bonds. The molecule has 0 fully saturated rings. The van der Waals surface area contributed by atoms with Crippen LogP contribution in [0, 0.1) is 0 Å². The summed E-state index contributed by atoms with van der Waals surface area (Å²) in [6.07, 6.45) is 20.9. The number of rotatable bonds is 21. The zero-order valence-electron chi connectivity index (χ0n) is 21.5. The van der Waals surface area contributed by atoms with Crippen molar-refractivity contribution >= 4 is 5.90 Å². The molecule has 0 atom stereocenters.